The molecule has 0 fully saturated rings. The molecule has 0 aliphatic rings. The summed E-state index contributed by atoms with van der Waals surface area (Å²) in [5, 5.41) is 0. The van der Waals surface area contributed by atoms with E-state index in [0.717, 1.165) is 6.42 Å². The largest absolute Gasteiger partial charge is 0.465 e. The molecule has 0 amide bonds. The minimum Gasteiger partial charge on any atom is -0.465 e. The third kappa shape index (κ3) is 14.1. The normalized spacial score (nSPS) is 11.3. The van der Waals surface area contributed by atoms with Crippen molar-refractivity contribution in [1.29, 1.82) is 0 Å². The molecule has 0 rings (SSSR count). The Balaban J connectivity index is 3.23. The Labute approximate surface area is 132 Å². The molecule has 0 aromatic rings. The summed E-state index contributed by atoms with van der Waals surface area (Å²) in [6.45, 7) is 7.40. The van der Waals surface area contributed by atoms with Crippen molar-refractivity contribution in [2.24, 2.45) is 0 Å². The van der Waals surface area contributed by atoms with Gasteiger partial charge >= 0.3 is 5.97 Å². The van der Waals surface area contributed by atoms with Crippen molar-refractivity contribution in [3.05, 3.63) is 0 Å². The fraction of sp³-hybridized carbons (Fsp3) is 0.944. The average Bonchev–Trinajstić information content (AvgIpc) is 2.44. The van der Waals surface area contributed by atoms with Crippen molar-refractivity contribution in [3.8, 4) is 0 Å². The molecule has 126 valence electrons. The molecule has 0 atom stereocenters. The molecule has 0 heterocycles. The minimum absolute atomic E-state index is 0.0953. The van der Waals surface area contributed by atoms with Gasteiger partial charge in [0.05, 0.1) is 13.2 Å². The van der Waals surface area contributed by atoms with Gasteiger partial charge in [0.25, 0.3) is 0 Å². The van der Waals surface area contributed by atoms with Crippen LogP contribution in [-0.2, 0) is 9.53 Å². The Morgan fingerprint density at radius 3 is 1.86 bits per heavy atom. The highest BCUT2D eigenvalue weighted by atomic mass is 16.5. The molecular formula is C18H37NO2. The van der Waals surface area contributed by atoms with Gasteiger partial charge in [-0.25, -0.2) is 0 Å². The second-order valence-electron chi connectivity index (χ2n) is 6.41. The fourth-order valence-electron chi connectivity index (χ4n) is 2.21. The van der Waals surface area contributed by atoms with Crippen LogP contribution >= 0.6 is 0 Å². The predicted octanol–water partition coefficient (Wildman–Crippen LogP) is 4.79. The number of unbranched alkanes of at least 4 members (excludes halogenated alkanes) is 9. The molecule has 21 heavy (non-hydrogen) atoms. The number of ether oxygens (including phenoxy) is 1. The highest BCUT2D eigenvalue weighted by Gasteiger charge is 2.09. The van der Waals surface area contributed by atoms with Crippen LogP contribution in [0.4, 0.5) is 0 Å². The number of esters is 1. The van der Waals surface area contributed by atoms with Gasteiger partial charge in [0, 0.05) is 6.04 Å². The number of carbonyl (C=O) groups is 1. The van der Waals surface area contributed by atoms with Gasteiger partial charge in [-0.15, -0.1) is 0 Å². The smallest absolute Gasteiger partial charge is 0.320 e. The van der Waals surface area contributed by atoms with Gasteiger partial charge in [-0.3, -0.25) is 9.69 Å². The van der Waals surface area contributed by atoms with Gasteiger partial charge in [-0.2, -0.15) is 0 Å². The van der Waals surface area contributed by atoms with E-state index in [4.69, 9.17) is 4.74 Å². The molecule has 0 unspecified atom stereocenters. The number of hydrogen-bond acceptors (Lipinski definition) is 3. The molecule has 3 heteroatoms. The predicted molar refractivity (Wildman–Crippen MR) is 90.6 cm³/mol. The summed E-state index contributed by atoms with van der Waals surface area (Å²) in [5.41, 5.74) is 0. The Morgan fingerprint density at radius 2 is 1.38 bits per heavy atom. The minimum atomic E-state index is -0.0953. The summed E-state index contributed by atoms with van der Waals surface area (Å²) >= 11 is 0. The van der Waals surface area contributed by atoms with E-state index in [1.54, 1.807) is 0 Å². The number of carbonyl (C=O) groups excluding carboxylic acids is 1. The van der Waals surface area contributed by atoms with Crippen LogP contribution in [0, 0.1) is 0 Å². The molecule has 3 nitrogen and oxygen atoms in total. The van der Waals surface area contributed by atoms with Crippen LogP contribution in [-0.4, -0.2) is 37.1 Å². The molecule has 0 spiro atoms. The first-order valence-corrected chi connectivity index (χ1v) is 8.93. The molecule has 0 radical (unpaired) electrons. The summed E-state index contributed by atoms with van der Waals surface area (Å²) < 4.78 is 5.25. The molecule has 0 aliphatic carbocycles. The van der Waals surface area contributed by atoms with E-state index in [1.807, 2.05) is 11.9 Å². The first-order valence-electron chi connectivity index (χ1n) is 8.93. The van der Waals surface area contributed by atoms with E-state index in [2.05, 4.69) is 20.8 Å². The fourth-order valence-corrected chi connectivity index (χ4v) is 2.21. The zero-order valence-electron chi connectivity index (χ0n) is 14.8. The van der Waals surface area contributed by atoms with Gasteiger partial charge in [0.2, 0.25) is 0 Å². The Bertz CT molecular complexity index is 241. The average molecular weight is 299 g/mol. The van der Waals surface area contributed by atoms with Crippen LogP contribution in [0.1, 0.15) is 85.0 Å². The van der Waals surface area contributed by atoms with E-state index in [1.165, 1.54) is 57.8 Å². The maximum atomic E-state index is 11.6. The van der Waals surface area contributed by atoms with Gasteiger partial charge in [-0.05, 0) is 27.3 Å². The molecule has 0 bridgehead atoms. The molecule has 0 saturated carbocycles. The van der Waals surface area contributed by atoms with Crippen molar-refractivity contribution < 1.29 is 9.53 Å². The van der Waals surface area contributed by atoms with E-state index < -0.39 is 0 Å². The molecule has 0 N–H and O–H groups in total. The van der Waals surface area contributed by atoms with Gasteiger partial charge in [0.15, 0.2) is 0 Å². The van der Waals surface area contributed by atoms with Crippen molar-refractivity contribution in [1.82, 2.24) is 4.90 Å². The maximum absolute atomic E-state index is 11.6. The molecular weight excluding hydrogens is 262 g/mol. The van der Waals surface area contributed by atoms with E-state index in [9.17, 15) is 4.79 Å². The lowest BCUT2D eigenvalue weighted by atomic mass is 10.1. The van der Waals surface area contributed by atoms with E-state index in [-0.39, 0.29) is 5.97 Å². The lowest BCUT2D eigenvalue weighted by molar-refractivity contribution is -0.145. The molecule has 0 saturated heterocycles. The van der Waals surface area contributed by atoms with Crippen LogP contribution in [0.25, 0.3) is 0 Å². The van der Waals surface area contributed by atoms with Gasteiger partial charge in [0.1, 0.15) is 0 Å². The number of likely N-dealkylation sites (N-methyl/N-ethyl adjacent to an activating group) is 1. The van der Waals surface area contributed by atoms with Crippen LogP contribution < -0.4 is 0 Å². The monoisotopic (exact) mass is 299 g/mol. The lowest BCUT2D eigenvalue weighted by Crippen LogP contribution is -2.32. The molecule has 0 aromatic carbocycles. The summed E-state index contributed by atoms with van der Waals surface area (Å²) in [5.74, 6) is -0.0953. The van der Waals surface area contributed by atoms with Crippen LogP contribution in [0.15, 0.2) is 0 Å². The zero-order valence-corrected chi connectivity index (χ0v) is 14.8. The first-order chi connectivity index (χ1) is 10.1. The first kappa shape index (κ1) is 20.4. The van der Waals surface area contributed by atoms with Crippen molar-refractivity contribution in [3.63, 3.8) is 0 Å². The zero-order chi connectivity index (χ0) is 15.9. The van der Waals surface area contributed by atoms with Crippen LogP contribution in [0.2, 0.25) is 0 Å². The van der Waals surface area contributed by atoms with Crippen molar-refractivity contribution >= 4 is 5.97 Å². The summed E-state index contributed by atoms with van der Waals surface area (Å²) in [6.07, 6.45) is 13.1. The highest BCUT2D eigenvalue weighted by molar-refractivity contribution is 5.71. The third-order valence-electron chi connectivity index (χ3n) is 4.02. The quantitative estimate of drug-likeness (QED) is 0.341. The maximum Gasteiger partial charge on any atom is 0.320 e. The highest BCUT2D eigenvalue weighted by Crippen LogP contribution is 2.10. The Morgan fingerprint density at radius 1 is 0.905 bits per heavy atom. The van der Waals surface area contributed by atoms with Crippen LogP contribution in [0.3, 0.4) is 0 Å². The molecule has 0 aliphatic heterocycles. The topological polar surface area (TPSA) is 29.5 Å². The van der Waals surface area contributed by atoms with Crippen molar-refractivity contribution in [2.75, 3.05) is 20.2 Å². The Kier molecular flexibility index (Phi) is 14.0. The lowest BCUT2D eigenvalue weighted by Gasteiger charge is -2.19. The molecule has 0 aromatic heterocycles. The standard InChI is InChI=1S/C18H37NO2/c1-5-6-7-8-9-10-11-12-13-14-15-21-18(20)16-19(4)17(2)3/h17H,5-16H2,1-4H3. The third-order valence-corrected chi connectivity index (χ3v) is 4.02. The second-order valence-corrected chi connectivity index (χ2v) is 6.41. The van der Waals surface area contributed by atoms with Crippen LogP contribution in [0.5, 0.6) is 0 Å². The number of nitrogens with zero attached hydrogens (tertiary/aromatic N) is 1. The summed E-state index contributed by atoms with van der Waals surface area (Å²) in [4.78, 5) is 13.6. The van der Waals surface area contributed by atoms with E-state index in [0.29, 0.717) is 19.2 Å². The van der Waals surface area contributed by atoms with Crippen molar-refractivity contribution in [2.45, 2.75) is 91.0 Å². The SMILES string of the molecule is CCCCCCCCCCCCOC(=O)CN(C)C(C)C. The summed E-state index contributed by atoms with van der Waals surface area (Å²) in [7, 11) is 1.95. The Hall–Kier alpha value is -0.570. The second kappa shape index (κ2) is 14.4. The number of hydrogen-bond donors (Lipinski definition) is 0. The van der Waals surface area contributed by atoms with E-state index >= 15 is 0 Å². The van der Waals surface area contributed by atoms with Gasteiger partial charge < -0.3 is 4.74 Å². The summed E-state index contributed by atoms with van der Waals surface area (Å²) in [6, 6.07) is 0.384. The van der Waals surface area contributed by atoms with Gasteiger partial charge in [-0.1, -0.05) is 64.7 Å². The number of rotatable bonds is 14.